The van der Waals surface area contributed by atoms with Crippen molar-refractivity contribution < 1.29 is 0 Å². The molecule has 2 rings (SSSR count). The summed E-state index contributed by atoms with van der Waals surface area (Å²) in [6.07, 6.45) is 2.50. The molecule has 0 saturated carbocycles. The van der Waals surface area contributed by atoms with Gasteiger partial charge in [-0.05, 0) is 24.6 Å². The van der Waals surface area contributed by atoms with Crippen molar-refractivity contribution in [1.82, 2.24) is 20.5 Å². The summed E-state index contributed by atoms with van der Waals surface area (Å²) in [7, 11) is 0. The molecule has 18 heavy (non-hydrogen) atoms. The molecule has 0 aliphatic rings. The van der Waals surface area contributed by atoms with Gasteiger partial charge in [0, 0.05) is 0 Å². The zero-order valence-corrected chi connectivity index (χ0v) is 11.5. The van der Waals surface area contributed by atoms with Gasteiger partial charge in [0.15, 0.2) is 0 Å². The summed E-state index contributed by atoms with van der Waals surface area (Å²) < 4.78 is 0. The number of H-pyrrole nitrogens is 1. The van der Waals surface area contributed by atoms with Crippen molar-refractivity contribution in [1.29, 1.82) is 0 Å². The van der Waals surface area contributed by atoms with Crippen LogP contribution in [-0.2, 0) is 0 Å². The number of aromatic nitrogens is 3. The first-order valence-corrected chi connectivity index (χ1v) is 6.52. The zero-order chi connectivity index (χ0) is 13.0. The van der Waals surface area contributed by atoms with Gasteiger partial charge < -0.3 is 5.32 Å². The predicted octanol–water partition coefficient (Wildman–Crippen LogP) is 3.20. The molecule has 96 valence electrons. The molecule has 1 heterocycles. The highest BCUT2D eigenvalue weighted by Crippen LogP contribution is 2.31. The van der Waals surface area contributed by atoms with Crippen LogP contribution in [0.25, 0.3) is 0 Å². The first-order valence-electron chi connectivity index (χ1n) is 5.76. The topological polar surface area (TPSA) is 53.6 Å². The van der Waals surface area contributed by atoms with Gasteiger partial charge in [-0.25, -0.2) is 4.98 Å². The lowest BCUT2D eigenvalue weighted by Gasteiger charge is -2.18. The summed E-state index contributed by atoms with van der Waals surface area (Å²) >= 11 is 12.3. The van der Waals surface area contributed by atoms with Crippen molar-refractivity contribution >= 4 is 23.2 Å². The van der Waals surface area contributed by atoms with E-state index in [1.807, 2.05) is 12.1 Å². The normalized spacial score (nSPS) is 12.6. The fourth-order valence-corrected chi connectivity index (χ4v) is 2.16. The molecule has 1 unspecified atom stereocenters. The van der Waals surface area contributed by atoms with Gasteiger partial charge in [-0.15, -0.1) is 0 Å². The molecule has 0 bridgehead atoms. The van der Waals surface area contributed by atoms with Gasteiger partial charge in [-0.2, -0.15) is 5.10 Å². The minimum atomic E-state index is -0.126. The summed E-state index contributed by atoms with van der Waals surface area (Å²) in [4.78, 5) is 4.19. The van der Waals surface area contributed by atoms with Crippen LogP contribution in [0.1, 0.15) is 30.8 Å². The Bertz CT molecular complexity index is 499. The second kappa shape index (κ2) is 6.18. The molecular weight excluding hydrogens is 271 g/mol. The Balaban J connectivity index is 2.37. The maximum absolute atomic E-state index is 6.25. The number of rotatable bonds is 5. The van der Waals surface area contributed by atoms with Crippen molar-refractivity contribution in [2.45, 2.75) is 19.4 Å². The molecule has 2 aromatic rings. The Kier molecular flexibility index (Phi) is 4.58. The third kappa shape index (κ3) is 2.83. The zero-order valence-electron chi connectivity index (χ0n) is 9.95. The van der Waals surface area contributed by atoms with Crippen LogP contribution in [0.2, 0.25) is 10.0 Å². The summed E-state index contributed by atoms with van der Waals surface area (Å²) in [6.45, 7) is 2.96. The minimum absolute atomic E-state index is 0.126. The van der Waals surface area contributed by atoms with Crippen LogP contribution in [0.3, 0.4) is 0 Å². The number of aromatic amines is 1. The fraction of sp³-hybridized carbons (Fsp3) is 0.333. The molecule has 0 aliphatic carbocycles. The molecule has 1 atom stereocenters. The monoisotopic (exact) mass is 284 g/mol. The van der Waals surface area contributed by atoms with Gasteiger partial charge in [0.2, 0.25) is 0 Å². The SMILES string of the molecule is CCCNC(c1ncn[nH]1)c1cccc(Cl)c1Cl. The molecular formula is C12H14Cl2N4. The number of nitrogens with zero attached hydrogens (tertiary/aromatic N) is 2. The van der Waals surface area contributed by atoms with E-state index in [9.17, 15) is 0 Å². The lowest BCUT2D eigenvalue weighted by molar-refractivity contribution is 0.574. The van der Waals surface area contributed by atoms with Crippen LogP contribution >= 0.6 is 23.2 Å². The van der Waals surface area contributed by atoms with Crippen LogP contribution in [0, 0.1) is 0 Å². The Morgan fingerprint density at radius 1 is 1.39 bits per heavy atom. The van der Waals surface area contributed by atoms with Gasteiger partial charge in [-0.1, -0.05) is 42.3 Å². The van der Waals surface area contributed by atoms with E-state index in [1.54, 1.807) is 6.07 Å². The molecule has 0 spiro atoms. The standard InChI is InChI=1S/C12H14Cl2N4/c1-2-6-15-11(12-16-7-17-18-12)8-4-3-5-9(13)10(8)14/h3-5,7,11,15H,2,6H2,1H3,(H,16,17,18). The van der Waals surface area contributed by atoms with E-state index in [-0.39, 0.29) is 6.04 Å². The quantitative estimate of drug-likeness (QED) is 0.887. The average molecular weight is 285 g/mol. The summed E-state index contributed by atoms with van der Waals surface area (Å²) in [6, 6.07) is 5.45. The van der Waals surface area contributed by atoms with E-state index < -0.39 is 0 Å². The van der Waals surface area contributed by atoms with Crippen LogP contribution in [0.5, 0.6) is 0 Å². The van der Waals surface area contributed by atoms with Gasteiger partial charge >= 0.3 is 0 Å². The average Bonchev–Trinajstić information content (AvgIpc) is 2.88. The van der Waals surface area contributed by atoms with Gasteiger partial charge in [0.05, 0.1) is 16.1 Å². The maximum Gasteiger partial charge on any atom is 0.146 e. The maximum atomic E-state index is 6.25. The number of benzene rings is 1. The molecule has 0 radical (unpaired) electrons. The second-order valence-corrected chi connectivity index (χ2v) is 4.69. The lowest BCUT2D eigenvalue weighted by atomic mass is 10.1. The Morgan fingerprint density at radius 2 is 2.22 bits per heavy atom. The van der Waals surface area contributed by atoms with Crippen molar-refractivity contribution in [2.24, 2.45) is 0 Å². The highest BCUT2D eigenvalue weighted by atomic mass is 35.5. The highest BCUT2D eigenvalue weighted by molar-refractivity contribution is 6.42. The third-order valence-electron chi connectivity index (χ3n) is 2.60. The molecule has 0 fully saturated rings. The van der Waals surface area contributed by atoms with Crippen LogP contribution in [0.4, 0.5) is 0 Å². The van der Waals surface area contributed by atoms with Crippen LogP contribution in [0.15, 0.2) is 24.5 Å². The first kappa shape index (κ1) is 13.3. The van der Waals surface area contributed by atoms with E-state index in [0.717, 1.165) is 24.4 Å². The Hall–Kier alpha value is -1.10. The van der Waals surface area contributed by atoms with Crippen molar-refractivity contribution in [3.05, 3.63) is 46.0 Å². The molecule has 1 aromatic carbocycles. The van der Waals surface area contributed by atoms with Gasteiger partial charge in [0.25, 0.3) is 0 Å². The lowest BCUT2D eigenvalue weighted by Crippen LogP contribution is -2.24. The van der Waals surface area contributed by atoms with Crippen molar-refractivity contribution in [2.75, 3.05) is 6.54 Å². The molecule has 0 saturated heterocycles. The molecule has 4 nitrogen and oxygen atoms in total. The largest absolute Gasteiger partial charge is 0.304 e. The number of hydrogen-bond acceptors (Lipinski definition) is 3. The third-order valence-corrected chi connectivity index (χ3v) is 3.43. The van der Waals surface area contributed by atoms with Crippen molar-refractivity contribution in [3.8, 4) is 0 Å². The number of hydrogen-bond donors (Lipinski definition) is 2. The summed E-state index contributed by atoms with van der Waals surface area (Å²) in [5.74, 6) is 0.729. The molecule has 2 N–H and O–H groups in total. The highest BCUT2D eigenvalue weighted by Gasteiger charge is 2.19. The summed E-state index contributed by atoms with van der Waals surface area (Å²) in [5, 5.41) is 11.2. The van der Waals surface area contributed by atoms with Gasteiger partial charge in [-0.3, -0.25) is 5.10 Å². The van der Waals surface area contributed by atoms with E-state index in [2.05, 4.69) is 27.4 Å². The van der Waals surface area contributed by atoms with E-state index in [4.69, 9.17) is 23.2 Å². The van der Waals surface area contributed by atoms with E-state index in [0.29, 0.717) is 10.0 Å². The van der Waals surface area contributed by atoms with E-state index >= 15 is 0 Å². The summed E-state index contributed by atoms with van der Waals surface area (Å²) in [5.41, 5.74) is 0.898. The molecule has 0 aliphatic heterocycles. The molecule has 0 amide bonds. The minimum Gasteiger partial charge on any atom is -0.304 e. The van der Waals surface area contributed by atoms with E-state index in [1.165, 1.54) is 6.33 Å². The van der Waals surface area contributed by atoms with Crippen LogP contribution in [-0.4, -0.2) is 21.7 Å². The first-order chi connectivity index (χ1) is 8.74. The number of halogens is 2. The second-order valence-electron chi connectivity index (χ2n) is 3.90. The number of nitrogens with one attached hydrogen (secondary N) is 2. The smallest absolute Gasteiger partial charge is 0.146 e. The molecule has 6 heteroatoms. The van der Waals surface area contributed by atoms with Crippen molar-refractivity contribution in [3.63, 3.8) is 0 Å². The van der Waals surface area contributed by atoms with Crippen LogP contribution < -0.4 is 5.32 Å². The fourth-order valence-electron chi connectivity index (χ4n) is 1.74. The Labute approximate surface area is 116 Å². The molecule has 1 aromatic heterocycles. The Morgan fingerprint density at radius 3 is 2.89 bits per heavy atom. The predicted molar refractivity (Wildman–Crippen MR) is 73.0 cm³/mol. The van der Waals surface area contributed by atoms with Gasteiger partial charge in [0.1, 0.15) is 12.2 Å².